The number of H-pyrrole nitrogens is 1. The van der Waals surface area contributed by atoms with Gasteiger partial charge in [0, 0.05) is 23.5 Å². The molecule has 0 atom stereocenters. The Bertz CT molecular complexity index is 1170. The summed E-state index contributed by atoms with van der Waals surface area (Å²) < 4.78 is 32.0. The molecule has 0 aromatic carbocycles. The lowest BCUT2D eigenvalue weighted by Gasteiger charge is -2.12. The van der Waals surface area contributed by atoms with Gasteiger partial charge < -0.3 is 19.2 Å². The summed E-state index contributed by atoms with van der Waals surface area (Å²) in [6, 6.07) is 3.34. The number of allylic oxidation sites excluding steroid dienone is 2. The molecule has 3 heterocycles. The van der Waals surface area contributed by atoms with Crippen molar-refractivity contribution >= 4 is 23.7 Å². The molecule has 0 radical (unpaired) electrons. The zero-order chi connectivity index (χ0) is 21.0. The number of pyridine rings is 2. The van der Waals surface area contributed by atoms with E-state index in [0.717, 1.165) is 5.69 Å². The Morgan fingerprint density at radius 3 is 2.76 bits per heavy atom. The molecule has 0 aliphatic rings. The number of hydrogen-bond donors (Lipinski definition) is 1. The third kappa shape index (κ3) is 4.23. The molecule has 0 amide bonds. The highest BCUT2D eigenvalue weighted by atomic mass is 19.1. The molecular formula is C22H24FN3O3. The summed E-state index contributed by atoms with van der Waals surface area (Å²) in [5, 5.41) is 1.41. The highest BCUT2D eigenvalue weighted by molar-refractivity contribution is 5.78. The van der Waals surface area contributed by atoms with Gasteiger partial charge in [0.1, 0.15) is 17.2 Å². The predicted octanol–water partition coefficient (Wildman–Crippen LogP) is 3.69. The highest BCUT2D eigenvalue weighted by Gasteiger charge is 2.14. The standard InChI is InChI=1S/C22H24FN3O3/c1-6-17(28-7-2)19(27-5)11-15-14(4)24-9-8-18(15)29-20-12-25-22-16(21(20)23)10-13(3)26-22/h8-12H,4,6-7H2,1-3,5H3,(H,25,26)/b15-11+,19-17-. The quantitative estimate of drug-likeness (QED) is 0.616. The van der Waals surface area contributed by atoms with Crippen molar-refractivity contribution in [3.63, 3.8) is 0 Å². The van der Waals surface area contributed by atoms with Crippen LogP contribution in [0.25, 0.3) is 23.7 Å². The van der Waals surface area contributed by atoms with Gasteiger partial charge in [0.05, 0.1) is 30.6 Å². The van der Waals surface area contributed by atoms with Crippen molar-refractivity contribution in [3.8, 4) is 11.5 Å². The van der Waals surface area contributed by atoms with E-state index in [4.69, 9.17) is 14.2 Å². The maximum Gasteiger partial charge on any atom is 0.182 e. The van der Waals surface area contributed by atoms with E-state index in [-0.39, 0.29) is 5.75 Å². The first-order valence-corrected chi connectivity index (χ1v) is 9.35. The number of hydrogen-bond acceptors (Lipinski definition) is 5. The zero-order valence-electron chi connectivity index (χ0n) is 17.0. The fourth-order valence-electron chi connectivity index (χ4n) is 2.99. The number of aryl methyl sites for hydroxylation is 1. The molecule has 3 rings (SSSR count). The number of aromatic nitrogens is 3. The molecule has 0 saturated heterocycles. The number of ether oxygens (including phenoxy) is 3. The van der Waals surface area contributed by atoms with Gasteiger partial charge in [0.2, 0.25) is 0 Å². The molecule has 1 N–H and O–H groups in total. The molecule has 6 nitrogen and oxygen atoms in total. The number of aromatic amines is 1. The van der Waals surface area contributed by atoms with Gasteiger partial charge >= 0.3 is 0 Å². The first-order chi connectivity index (χ1) is 14.0. The third-order valence-electron chi connectivity index (χ3n) is 4.36. The van der Waals surface area contributed by atoms with Gasteiger partial charge in [-0.1, -0.05) is 13.5 Å². The van der Waals surface area contributed by atoms with Crippen molar-refractivity contribution in [2.45, 2.75) is 27.2 Å². The predicted molar refractivity (Wildman–Crippen MR) is 110 cm³/mol. The van der Waals surface area contributed by atoms with Gasteiger partial charge in [-0.2, -0.15) is 0 Å². The first-order valence-electron chi connectivity index (χ1n) is 9.35. The molecule has 0 aliphatic heterocycles. The van der Waals surface area contributed by atoms with Crippen LogP contribution in [0.2, 0.25) is 0 Å². The average molecular weight is 397 g/mol. The van der Waals surface area contributed by atoms with Gasteiger partial charge in [-0.15, -0.1) is 0 Å². The van der Waals surface area contributed by atoms with Crippen LogP contribution in [-0.2, 0) is 9.47 Å². The van der Waals surface area contributed by atoms with Gasteiger partial charge in [-0.25, -0.2) is 9.37 Å². The maximum atomic E-state index is 14.9. The highest BCUT2D eigenvalue weighted by Crippen LogP contribution is 2.27. The summed E-state index contributed by atoms with van der Waals surface area (Å²) in [5.74, 6) is 1.14. The number of halogens is 1. The molecule has 152 valence electrons. The van der Waals surface area contributed by atoms with E-state index < -0.39 is 5.82 Å². The Balaban J connectivity index is 2.12. The maximum absolute atomic E-state index is 14.9. The van der Waals surface area contributed by atoms with E-state index in [1.165, 1.54) is 6.20 Å². The Morgan fingerprint density at radius 2 is 2.07 bits per heavy atom. The largest absolute Gasteiger partial charge is 0.494 e. The number of nitrogens with zero attached hydrogens (tertiary/aromatic N) is 2. The van der Waals surface area contributed by atoms with Crippen LogP contribution in [0.1, 0.15) is 26.0 Å². The zero-order valence-corrected chi connectivity index (χ0v) is 17.0. The van der Waals surface area contributed by atoms with Crippen molar-refractivity contribution in [2.24, 2.45) is 0 Å². The molecule has 0 saturated carbocycles. The lowest BCUT2D eigenvalue weighted by molar-refractivity contribution is 0.189. The van der Waals surface area contributed by atoms with Crippen LogP contribution in [-0.4, -0.2) is 28.7 Å². The summed E-state index contributed by atoms with van der Waals surface area (Å²) in [4.78, 5) is 11.5. The molecule has 7 heteroatoms. The Labute approximate surface area is 168 Å². The molecule has 3 aromatic rings. The van der Waals surface area contributed by atoms with Crippen LogP contribution in [0.3, 0.4) is 0 Å². The molecular weight excluding hydrogens is 373 g/mol. The van der Waals surface area contributed by atoms with Gasteiger partial charge in [-0.3, -0.25) is 4.98 Å². The van der Waals surface area contributed by atoms with Gasteiger partial charge in [-0.05, 0) is 32.1 Å². The number of methoxy groups -OCH3 is 1. The second-order valence-electron chi connectivity index (χ2n) is 6.35. The summed E-state index contributed by atoms with van der Waals surface area (Å²) in [5.41, 5.74) is 1.29. The van der Waals surface area contributed by atoms with E-state index in [1.54, 1.807) is 31.5 Å². The summed E-state index contributed by atoms with van der Waals surface area (Å²) in [6.07, 6.45) is 5.30. The Kier molecular flexibility index (Phi) is 6.16. The molecule has 0 unspecified atom stereocenters. The minimum absolute atomic E-state index is 0.0141. The topological polar surface area (TPSA) is 69.3 Å². The van der Waals surface area contributed by atoms with Crippen LogP contribution >= 0.6 is 0 Å². The van der Waals surface area contributed by atoms with Crippen molar-refractivity contribution in [2.75, 3.05) is 13.7 Å². The lowest BCUT2D eigenvalue weighted by atomic mass is 10.2. The van der Waals surface area contributed by atoms with Crippen LogP contribution in [0.4, 0.5) is 4.39 Å². The van der Waals surface area contributed by atoms with Gasteiger partial charge in [0.15, 0.2) is 17.3 Å². The SMILES string of the molecule is C=c1nccc(Oc2cnc3[nH]c(C)cc3c2F)/c1=C/C(OC)=C(\CC)OCC. The van der Waals surface area contributed by atoms with Crippen molar-refractivity contribution in [3.05, 3.63) is 58.1 Å². The van der Waals surface area contributed by atoms with Crippen LogP contribution in [0, 0.1) is 12.7 Å². The second kappa shape index (κ2) is 8.77. The normalized spacial score (nSPS) is 12.8. The van der Waals surface area contributed by atoms with E-state index in [2.05, 4.69) is 21.5 Å². The van der Waals surface area contributed by atoms with Gasteiger partial charge in [0.25, 0.3) is 0 Å². The molecule has 3 aromatic heterocycles. The second-order valence-corrected chi connectivity index (χ2v) is 6.35. The van der Waals surface area contributed by atoms with Crippen LogP contribution < -0.4 is 15.3 Å². The van der Waals surface area contributed by atoms with E-state index in [9.17, 15) is 4.39 Å². The molecule has 0 spiro atoms. The monoisotopic (exact) mass is 397 g/mol. The van der Waals surface area contributed by atoms with E-state index >= 15 is 0 Å². The minimum atomic E-state index is -0.487. The summed E-state index contributed by atoms with van der Waals surface area (Å²) in [7, 11) is 1.56. The molecule has 29 heavy (non-hydrogen) atoms. The summed E-state index contributed by atoms with van der Waals surface area (Å²) in [6.45, 7) is 10.2. The lowest BCUT2D eigenvalue weighted by Crippen LogP contribution is -2.28. The molecule has 0 fully saturated rings. The summed E-state index contributed by atoms with van der Waals surface area (Å²) >= 11 is 0. The number of rotatable bonds is 7. The first kappa shape index (κ1) is 20.4. The fraction of sp³-hybridized carbons (Fsp3) is 0.273. The Morgan fingerprint density at radius 1 is 1.28 bits per heavy atom. The number of fused-ring (bicyclic) bond motifs is 1. The number of nitrogens with one attached hydrogen (secondary N) is 1. The van der Waals surface area contributed by atoms with E-state index in [1.807, 2.05) is 20.8 Å². The van der Waals surface area contributed by atoms with Crippen molar-refractivity contribution < 1.29 is 18.6 Å². The Hall–Kier alpha value is -3.35. The van der Waals surface area contributed by atoms with Crippen LogP contribution in [0.5, 0.6) is 11.5 Å². The van der Waals surface area contributed by atoms with Crippen LogP contribution in [0.15, 0.2) is 36.0 Å². The molecule has 0 aliphatic carbocycles. The van der Waals surface area contributed by atoms with Crippen molar-refractivity contribution in [1.29, 1.82) is 0 Å². The fourth-order valence-corrected chi connectivity index (χ4v) is 2.99. The third-order valence-corrected chi connectivity index (χ3v) is 4.36. The average Bonchev–Trinajstić information content (AvgIpc) is 3.09. The smallest absolute Gasteiger partial charge is 0.182 e. The molecule has 0 bridgehead atoms. The van der Waals surface area contributed by atoms with E-state index in [0.29, 0.717) is 51.9 Å². The van der Waals surface area contributed by atoms with Crippen molar-refractivity contribution in [1.82, 2.24) is 15.0 Å². The minimum Gasteiger partial charge on any atom is -0.494 e.